The summed E-state index contributed by atoms with van der Waals surface area (Å²) in [7, 11) is 3.69. The first kappa shape index (κ1) is 15.8. The minimum absolute atomic E-state index is 0.0537. The van der Waals surface area contributed by atoms with Crippen LogP contribution in [0.15, 0.2) is 24.3 Å². The molecule has 0 atom stereocenters. The van der Waals surface area contributed by atoms with Crippen LogP contribution in [0.2, 0.25) is 0 Å². The van der Waals surface area contributed by atoms with Crippen molar-refractivity contribution in [1.29, 1.82) is 0 Å². The van der Waals surface area contributed by atoms with E-state index >= 15 is 0 Å². The highest BCUT2D eigenvalue weighted by Gasteiger charge is 2.16. The zero-order valence-corrected chi connectivity index (χ0v) is 13.8. The molecule has 1 aromatic carbocycles. The molecule has 2 aromatic rings. The van der Waals surface area contributed by atoms with Crippen LogP contribution in [0.4, 0.5) is 5.13 Å². The Morgan fingerprint density at radius 3 is 2.71 bits per heavy atom. The van der Waals surface area contributed by atoms with E-state index in [1.165, 1.54) is 5.56 Å². The van der Waals surface area contributed by atoms with Gasteiger partial charge in [0.1, 0.15) is 5.75 Å². The molecule has 0 unspecified atom stereocenters. The number of thiazole rings is 1. The highest BCUT2D eigenvalue weighted by Crippen LogP contribution is 2.31. The van der Waals surface area contributed by atoms with Crippen molar-refractivity contribution < 1.29 is 9.84 Å². The number of rotatable bonds is 6. The lowest BCUT2D eigenvalue weighted by atomic mass is 10.1. The maximum absolute atomic E-state index is 9.46. The average Bonchev–Trinajstić information content (AvgIpc) is 2.92. The number of hydrogen-bond donors (Lipinski definition) is 1. The number of ether oxygens (including phenoxy) is 1. The van der Waals surface area contributed by atoms with Crippen LogP contribution in [0, 0.1) is 0 Å². The number of hydrogen-bond acceptors (Lipinski definition) is 5. The number of aromatic nitrogens is 1. The van der Waals surface area contributed by atoms with Crippen LogP contribution in [-0.4, -0.2) is 24.2 Å². The fraction of sp³-hybridized carbons (Fsp3) is 0.438. The first-order valence-corrected chi connectivity index (χ1v) is 7.81. The smallest absolute Gasteiger partial charge is 0.185 e. The standard InChI is InChI=1S/C16H22N2O2S/c1-11(2)15-14(10-19)21-16(17-15)18(3)9-12-6-5-7-13(8-12)20-4/h5-8,11,19H,9-10H2,1-4H3. The van der Waals surface area contributed by atoms with E-state index in [1.807, 2.05) is 25.2 Å². The van der Waals surface area contributed by atoms with Gasteiger partial charge in [0.15, 0.2) is 5.13 Å². The van der Waals surface area contributed by atoms with Crippen LogP contribution in [0.25, 0.3) is 0 Å². The molecule has 0 radical (unpaired) electrons. The Bertz CT molecular complexity index is 596. The highest BCUT2D eigenvalue weighted by molar-refractivity contribution is 7.15. The molecule has 114 valence electrons. The third kappa shape index (κ3) is 3.74. The van der Waals surface area contributed by atoms with Gasteiger partial charge in [-0.05, 0) is 23.6 Å². The molecule has 0 saturated carbocycles. The molecule has 1 heterocycles. The van der Waals surface area contributed by atoms with Crippen LogP contribution in [0.5, 0.6) is 5.75 Å². The summed E-state index contributed by atoms with van der Waals surface area (Å²) < 4.78 is 5.25. The van der Waals surface area contributed by atoms with Gasteiger partial charge in [0.2, 0.25) is 0 Å². The zero-order chi connectivity index (χ0) is 15.4. The minimum Gasteiger partial charge on any atom is -0.497 e. The summed E-state index contributed by atoms with van der Waals surface area (Å²) in [6, 6.07) is 8.03. The Morgan fingerprint density at radius 1 is 1.38 bits per heavy atom. The number of benzene rings is 1. The molecule has 21 heavy (non-hydrogen) atoms. The molecule has 0 saturated heterocycles. The second kappa shape index (κ2) is 6.91. The number of methoxy groups -OCH3 is 1. The van der Waals surface area contributed by atoms with Crippen LogP contribution in [0.1, 0.15) is 35.9 Å². The predicted octanol–water partition coefficient (Wildman–Crippen LogP) is 3.40. The van der Waals surface area contributed by atoms with Crippen LogP contribution >= 0.6 is 11.3 Å². The van der Waals surface area contributed by atoms with Crippen LogP contribution in [-0.2, 0) is 13.2 Å². The second-order valence-corrected chi connectivity index (χ2v) is 6.39. The summed E-state index contributed by atoms with van der Waals surface area (Å²) >= 11 is 1.56. The van der Waals surface area contributed by atoms with Gasteiger partial charge in [0, 0.05) is 13.6 Å². The van der Waals surface area contributed by atoms with E-state index in [9.17, 15) is 5.11 Å². The van der Waals surface area contributed by atoms with Crippen LogP contribution in [0.3, 0.4) is 0 Å². The van der Waals surface area contributed by atoms with Gasteiger partial charge >= 0.3 is 0 Å². The monoisotopic (exact) mass is 306 g/mol. The fourth-order valence-electron chi connectivity index (χ4n) is 2.19. The Kier molecular flexibility index (Phi) is 5.20. The van der Waals surface area contributed by atoms with Crippen molar-refractivity contribution in [3.8, 4) is 5.75 Å². The van der Waals surface area contributed by atoms with E-state index in [0.29, 0.717) is 5.92 Å². The molecule has 2 rings (SSSR count). The molecule has 0 fully saturated rings. The average molecular weight is 306 g/mol. The summed E-state index contributed by atoms with van der Waals surface area (Å²) in [5.41, 5.74) is 2.17. The van der Waals surface area contributed by atoms with Gasteiger partial charge in [-0.1, -0.05) is 37.3 Å². The van der Waals surface area contributed by atoms with Crippen molar-refractivity contribution in [2.75, 3.05) is 19.1 Å². The first-order chi connectivity index (χ1) is 10.0. The molecule has 5 heteroatoms. The highest BCUT2D eigenvalue weighted by atomic mass is 32.1. The molecule has 1 N–H and O–H groups in total. The van der Waals surface area contributed by atoms with Gasteiger partial charge in [-0.2, -0.15) is 0 Å². The number of anilines is 1. The van der Waals surface area contributed by atoms with Crippen molar-refractivity contribution in [3.63, 3.8) is 0 Å². The molecule has 0 bridgehead atoms. The van der Waals surface area contributed by atoms with Crippen molar-refractivity contribution in [1.82, 2.24) is 4.98 Å². The molecule has 0 spiro atoms. The van der Waals surface area contributed by atoms with Gasteiger partial charge in [0.05, 0.1) is 24.3 Å². The zero-order valence-electron chi connectivity index (χ0n) is 13.0. The third-order valence-corrected chi connectivity index (χ3v) is 4.46. The van der Waals surface area contributed by atoms with Gasteiger partial charge in [-0.3, -0.25) is 0 Å². The minimum atomic E-state index is 0.0537. The molecule has 0 aliphatic heterocycles. The normalized spacial score (nSPS) is 11.0. The second-order valence-electron chi connectivity index (χ2n) is 5.33. The summed E-state index contributed by atoms with van der Waals surface area (Å²) in [6.45, 7) is 5.01. The third-order valence-electron chi connectivity index (χ3n) is 3.29. The molecular weight excluding hydrogens is 284 g/mol. The number of aliphatic hydroxyl groups excluding tert-OH is 1. The van der Waals surface area contributed by atoms with E-state index in [0.717, 1.165) is 28.0 Å². The van der Waals surface area contributed by atoms with E-state index < -0.39 is 0 Å². The quantitative estimate of drug-likeness (QED) is 0.888. The van der Waals surface area contributed by atoms with Gasteiger partial charge in [-0.25, -0.2) is 4.98 Å². The number of nitrogens with zero attached hydrogens (tertiary/aromatic N) is 2. The largest absolute Gasteiger partial charge is 0.497 e. The van der Waals surface area contributed by atoms with Gasteiger partial charge in [0.25, 0.3) is 0 Å². The summed E-state index contributed by atoms with van der Waals surface area (Å²) in [5.74, 6) is 1.18. The van der Waals surface area contributed by atoms with E-state index in [1.54, 1.807) is 18.4 Å². The fourth-order valence-corrected chi connectivity index (χ4v) is 3.23. The molecule has 0 aliphatic rings. The van der Waals surface area contributed by atoms with Gasteiger partial charge < -0.3 is 14.7 Å². The lowest BCUT2D eigenvalue weighted by molar-refractivity contribution is 0.283. The van der Waals surface area contributed by atoms with Crippen molar-refractivity contribution in [2.45, 2.75) is 32.9 Å². The summed E-state index contributed by atoms with van der Waals surface area (Å²) in [6.07, 6.45) is 0. The lowest BCUT2D eigenvalue weighted by Gasteiger charge is -2.16. The topological polar surface area (TPSA) is 45.6 Å². The molecule has 4 nitrogen and oxygen atoms in total. The molecular formula is C16H22N2O2S. The number of aliphatic hydroxyl groups is 1. The van der Waals surface area contributed by atoms with Gasteiger partial charge in [-0.15, -0.1) is 0 Å². The van der Waals surface area contributed by atoms with Crippen LogP contribution < -0.4 is 9.64 Å². The molecule has 0 aliphatic carbocycles. The Hall–Kier alpha value is -1.59. The lowest BCUT2D eigenvalue weighted by Crippen LogP contribution is -2.16. The van der Waals surface area contributed by atoms with Crippen molar-refractivity contribution in [2.24, 2.45) is 0 Å². The Morgan fingerprint density at radius 2 is 2.14 bits per heavy atom. The van der Waals surface area contributed by atoms with E-state index in [2.05, 4.69) is 29.8 Å². The summed E-state index contributed by atoms with van der Waals surface area (Å²) in [4.78, 5) is 7.73. The maximum atomic E-state index is 9.46. The summed E-state index contributed by atoms with van der Waals surface area (Å²) in [5, 5.41) is 10.4. The molecule has 1 aromatic heterocycles. The maximum Gasteiger partial charge on any atom is 0.185 e. The Balaban J connectivity index is 2.17. The first-order valence-electron chi connectivity index (χ1n) is 6.99. The van der Waals surface area contributed by atoms with Crippen molar-refractivity contribution in [3.05, 3.63) is 40.4 Å². The SMILES string of the molecule is COc1cccc(CN(C)c2nc(C(C)C)c(CO)s2)c1. The van der Waals surface area contributed by atoms with E-state index in [-0.39, 0.29) is 6.61 Å². The van der Waals surface area contributed by atoms with Crippen molar-refractivity contribution >= 4 is 16.5 Å². The predicted molar refractivity (Wildman–Crippen MR) is 87.2 cm³/mol. The molecule has 0 amide bonds. The Labute approximate surface area is 130 Å². The van der Waals surface area contributed by atoms with E-state index in [4.69, 9.17) is 4.74 Å².